The van der Waals surface area contributed by atoms with Gasteiger partial charge in [0.25, 0.3) is 5.91 Å². The van der Waals surface area contributed by atoms with Gasteiger partial charge in [-0.25, -0.2) is 13.4 Å². The van der Waals surface area contributed by atoms with Crippen LogP contribution in [0, 0.1) is 0 Å². The van der Waals surface area contributed by atoms with Crippen molar-refractivity contribution in [2.75, 3.05) is 17.7 Å². The molecule has 1 heterocycles. The lowest BCUT2D eigenvalue weighted by molar-refractivity contribution is -0.114. The lowest BCUT2D eigenvalue weighted by Gasteiger charge is -2.17. The normalized spacial score (nSPS) is 11.5. The highest BCUT2D eigenvalue weighted by Gasteiger charge is 2.21. The summed E-state index contributed by atoms with van der Waals surface area (Å²) in [6, 6.07) is 20.4. The highest BCUT2D eigenvalue weighted by Crippen LogP contribution is 2.29. The van der Waals surface area contributed by atoms with E-state index in [2.05, 4.69) is 15.6 Å². The molecular formula is C24H22N4O4S2. The third-order valence-electron chi connectivity index (χ3n) is 5.00. The van der Waals surface area contributed by atoms with E-state index in [1.165, 1.54) is 53.9 Å². The van der Waals surface area contributed by atoms with Crippen molar-refractivity contribution in [3.63, 3.8) is 0 Å². The molecule has 34 heavy (non-hydrogen) atoms. The average molecular weight is 495 g/mol. The van der Waals surface area contributed by atoms with Gasteiger partial charge in [0, 0.05) is 31.8 Å². The molecule has 2 N–H and O–H groups in total. The Morgan fingerprint density at radius 3 is 2.35 bits per heavy atom. The fraction of sp³-hybridized carbons (Fsp3) is 0.125. The van der Waals surface area contributed by atoms with E-state index in [-0.39, 0.29) is 17.3 Å². The van der Waals surface area contributed by atoms with Gasteiger partial charge < -0.3 is 5.32 Å². The molecule has 0 fully saturated rings. The second kappa shape index (κ2) is 9.72. The number of carbonyl (C=O) groups is 2. The Morgan fingerprint density at radius 1 is 0.971 bits per heavy atom. The monoisotopic (exact) mass is 494 g/mol. The number of fused-ring (bicyclic) bond motifs is 1. The van der Waals surface area contributed by atoms with E-state index in [1.54, 1.807) is 18.2 Å². The number of rotatable bonds is 7. The third-order valence-corrected chi connectivity index (χ3v) is 7.75. The zero-order chi connectivity index (χ0) is 24.3. The molecular weight excluding hydrogens is 472 g/mol. The Hall–Kier alpha value is -3.60. The fourth-order valence-electron chi connectivity index (χ4n) is 3.31. The Kier molecular flexibility index (Phi) is 6.73. The summed E-state index contributed by atoms with van der Waals surface area (Å²) >= 11 is 1.28. The summed E-state index contributed by atoms with van der Waals surface area (Å²) in [5.41, 5.74) is 2.53. The highest BCUT2D eigenvalue weighted by atomic mass is 32.2. The Balaban J connectivity index is 1.46. The molecule has 4 aromatic rings. The van der Waals surface area contributed by atoms with Crippen molar-refractivity contribution in [1.82, 2.24) is 9.29 Å². The van der Waals surface area contributed by atoms with Crippen LogP contribution in [0.3, 0.4) is 0 Å². The van der Waals surface area contributed by atoms with Crippen molar-refractivity contribution in [1.29, 1.82) is 0 Å². The SMILES string of the molecule is CC(=O)Nc1ccc2nc(NC(=O)c3ccc(S(=O)(=O)N(C)Cc4ccccc4)cc3)sc2c1. The van der Waals surface area contributed by atoms with E-state index < -0.39 is 15.9 Å². The number of carbonyl (C=O) groups excluding carboxylic acids is 2. The number of nitrogens with zero attached hydrogens (tertiary/aromatic N) is 2. The van der Waals surface area contributed by atoms with Gasteiger partial charge in [0.1, 0.15) is 0 Å². The van der Waals surface area contributed by atoms with Gasteiger partial charge in [-0.3, -0.25) is 14.9 Å². The molecule has 0 spiro atoms. The number of sulfonamides is 1. The van der Waals surface area contributed by atoms with E-state index in [0.717, 1.165) is 10.3 Å². The quantitative estimate of drug-likeness (QED) is 0.398. The van der Waals surface area contributed by atoms with Gasteiger partial charge in [0.15, 0.2) is 5.13 Å². The molecule has 0 saturated carbocycles. The lowest BCUT2D eigenvalue weighted by atomic mass is 10.2. The predicted octanol–water partition coefficient (Wildman–Crippen LogP) is 4.33. The number of aromatic nitrogens is 1. The molecule has 0 aliphatic carbocycles. The zero-order valence-electron chi connectivity index (χ0n) is 18.5. The Morgan fingerprint density at radius 2 is 1.68 bits per heavy atom. The van der Waals surface area contributed by atoms with Crippen LogP contribution in [0.2, 0.25) is 0 Å². The molecule has 0 unspecified atom stereocenters. The average Bonchev–Trinajstić information content (AvgIpc) is 3.20. The van der Waals surface area contributed by atoms with E-state index in [9.17, 15) is 18.0 Å². The van der Waals surface area contributed by atoms with Crippen LogP contribution >= 0.6 is 11.3 Å². The molecule has 0 saturated heterocycles. The summed E-state index contributed by atoms with van der Waals surface area (Å²) in [5.74, 6) is -0.572. The van der Waals surface area contributed by atoms with Gasteiger partial charge in [-0.15, -0.1) is 0 Å². The van der Waals surface area contributed by atoms with Gasteiger partial charge in [0.05, 0.1) is 15.1 Å². The number of nitrogens with one attached hydrogen (secondary N) is 2. The summed E-state index contributed by atoms with van der Waals surface area (Å²) < 4.78 is 27.9. The first-order valence-electron chi connectivity index (χ1n) is 10.3. The van der Waals surface area contributed by atoms with Crippen molar-refractivity contribution in [3.05, 3.63) is 83.9 Å². The van der Waals surface area contributed by atoms with Gasteiger partial charge in [0.2, 0.25) is 15.9 Å². The largest absolute Gasteiger partial charge is 0.326 e. The number of benzene rings is 3. The second-order valence-electron chi connectivity index (χ2n) is 7.61. The van der Waals surface area contributed by atoms with Gasteiger partial charge in [-0.1, -0.05) is 41.7 Å². The van der Waals surface area contributed by atoms with Crippen LogP contribution in [-0.2, 0) is 21.4 Å². The minimum atomic E-state index is -3.71. The van der Waals surface area contributed by atoms with E-state index >= 15 is 0 Å². The first-order chi connectivity index (χ1) is 16.2. The third kappa shape index (κ3) is 5.30. The highest BCUT2D eigenvalue weighted by molar-refractivity contribution is 7.89. The van der Waals surface area contributed by atoms with Crippen molar-refractivity contribution in [2.24, 2.45) is 0 Å². The molecule has 0 aliphatic heterocycles. The van der Waals surface area contributed by atoms with Crippen molar-refractivity contribution in [3.8, 4) is 0 Å². The molecule has 0 atom stereocenters. The van der Waals surface area contributed by atoms with Crippen LogP contribution in [0.1, 0.15) is 22.8 Å². The van der Waals surface area contributed by atoms with E-state index in [1.807, 2.05) is 30.3 Å². The molecule has 0 radical (unpaired) electrons. The predicted molar refractivity (Wildman–Crippen MR) is 133 cm³/mol. The maximum absolute atomic E-state index is 12.9. The minimum Gasteiger partial charge on any atom is -0.326 e. The number of hydrogen-bond acceptors (Lipinski definition) is 6. The maximum Gasteiger partial charge on any atom is 0.257 e. The van der Waals surface area contributed by atoms with Crippen LogP contribution in [0.5, 0.6) is 0 Å². The summed E-state index contributed by atoms with van der Waals surface area (Å²) in [6.45, 7) is 1.67. The number of amides is 2. The van der Waals surface area contributed by atoms with Crippen LogP contribution in [-0.4, -0.2) is 36.6 Å². The Labute approximate surface area is 201 Å². The maximum atomic E-state index is 12.9. The minimum absolute atomic E-state index is 0.105. The molecule has 2 amide bonds. The number of hydrogen-bond donors (Lipinski definition) is 2. The second-order valence-corrected chi connectivity index (χ2v) is 10.7. The van der Waals surface area contributed by atoms with Gasteiger partial charge >= 0.3 is 0 Å². The van der Waals surface area contributed by atoms with Crippen LogP contribution < -0.4 is 10.6 Å². The van der Waals surface area contributed by atoms with Crippen LogP contribution in [0.15, 0.2) is 77.7 Å². The van der Waals surface area contributed by atoms with E-state index in [0.29, 0.717) is 21.9 Å². The molecule has 1 aromatic heterocycles. The molecule has 0 aliphatic rings. The number of thiazole rings is 1. The summed E-state index contributed by atoms with van der Waals surface area (Å²) in [7, 11) is -2.19. The fourth-order valence-corrected chi connectivity index (χ4v) is 5.37. The molecule has 10 heteroatoms. The molecule has 3 aromatic carbocycles. The summed E-state index contributed by atoms with van der Waals surface area (Å²) in [4.78, 5) is 28.4. The molecule has 0 bridgehead atoms. The molecule has 8 nitrogen and oxygen atoms in total. The van der Waals surface area contributed by atoms with Crippen LogP contribution in [0.4, 0.5) is 10.8 Å². The topological polar surface area (TPSA) is 108 Å². The lowest BCUT2D eigenvalue weighted by Crippen LogP contribution is -2.26. The zero-order valence-corrected chi connectivity index (χ0v) is 20.1. The standard InChI is InChI=1S/C24H22N4O4S2/c1-16(29)25-19-10-13-21-22(14-19)33-24(26-21)27-23(30)18-8-11-20(12-9-18)34(31,32)28(2)15-17-6-4-3-5-7-17/h3-14H,15H2,1-2H3,(H,25,29)(H,26,27,30). The van der Waals surface area contributed by atoms with Crippen molar-refractivity contribution < 1.29 is 18.0 Å². The first kappa shape index (κ1) is 23.6. The van der Waals surface area contributed by atoms with Crippen LogP contribution in [0.25, 0.3) is 10.2 Å². The van der Waals surface area contributed by atoms with E-state index in [4.69, 9.17) is 0 Å². The first-order valence-corrected chi connectivity index (χ1v) is 12.6. The smallest absolute Gasteiger partial charge is 0.257 e. The Bertz CT molecular complexity index is 1450. The molecule has 174 valence electrons. The molecule has 4 rings (SSSR count). The van der Waals surface area contributed by atoms with Crippen molar-refractivity contribution in [2.45, 2.75) is 18.4 Å². The van der Waals surface area contributed by atoms with Gasteiger partial charge in [-0.2, -0.15) is 4.31 Å². The summed E-state index contributed by atoms with van der Waals surface area (Å²) in [6.07, 6.45) is 0. The summed E-state index contributed by atoms with van der Waals surface area (Å²) in [5, 5.41) is 5.86. The van der Waals surface area contributed by atoms with Crippen molar-refractivity contribution >= 4 is 54.2 Å². The van der Waals surface area contributed by atoms with Gasteiger partial charge in [-0.05, 0) is 48.0 Å². The number of anilines is 2.